The van der Waals surface area contributed by atoms with Crippen LogP contribution in [-0.2, 0) is 6.61 Å². The Kier molecular flexibility index (Phi) is 5.21. The lowest BCUT2D eigenvalue weighted by Gasteiger charge is -2.16. The summed E-state index contributed by atoms with van der Waals surface area (Å²) in [5.74, 6) is -0.508. The number of benzene rings is 4. The highest BCUT2D eigenvalue weighted by molar-refractivity contribution is 6.03. The molecule has 0 amide bonds. The fourth-order valence-electron chi connectivity index (χ4n) is 3.86. The molecule has 0 aromatic heterocycles. The number of fused-ring (bicyclic) bond motifs is 2. The van der Waals surface area contributed by atoms with Crippen LogP contribution in [0.2, 0.25) is 0 Å². The Morgan fingerprint density at radius 3 is 2.37 bits per heavy atom. The second kappa shape index (κ2) is 8.38. The van der Waals surface area contributed by atoms with Crippen LogP contribution in [0.15, 0.2) is 82.0 Å². The molecule has 0 fully saturated rings. The van der Waals surface area contributed by atoms with Crippen molar-refractivity contribution in [2.24, 2.45) is 0 Å². The lowest BCUT2D eigenvalue weighted by Crippen LogP contribution is -2.01. The smallest absolute Gasteiger partial charge is 0.269 e. The van der Waals surface area contributed by atoms with Crippen LogP contribution < -0.4 is 10.2 Å². The topological polar surface area (TPSA) is 143 Å². The predicted octanol–water partition coefficient (Wildman–Crippen LogP) is 5.17. The second-order valence-corrected chi connectivity index (χ2v) is 7.87. The van der Waals surface area contributed by atoms with Gasteiger partial charge in [0.2, 0.25) is 5.43 Å². The zero-order valence-corrected chi connectivity index (χ0v) is 18.0. The molecule has 3 N–H and O–H groups in total. The van der Waals surface area contributed by atoms with Crippen molar-refractivity contribution in [2.45, 2.75) is 6.61 Å². The maximum Gasteiger partial charge on any atom is 0.269 e. The second-order valence-electron chi connectivity index (χ2n) is 7.87. The Bertz CT molecular complexity index is 1620. The van der Waals surface area contributed by atoms with Crippen molar-refractivity contribution in [3.05, 3.63) is 98.7 Å². The van der Waals surface area contributed by atoms with E-state index in [2.05, 4.69) is 0 Å². The summed E-state index contributed by atoms with van der Waals surface area (Å²) in [4.78, 5) is 22.4. The average Bonchev–Trinajstić information content (AvgIpc) is 2.84. The number of hydrogen-bond donors (Lipinski definition) is 3. The van der Waals surface area contributed by atoms with Gasteiger partial charge in [0.25, 0.3) is 5.69 Å². The number of nitro benzene ring substituents is 1. The molecule has 9 heteroatoms. The Morgan fingerprint density at radius 2 is 1.63 bits per heavy atom. The number of aromatic hydroxyl groups is 3. The van der Waals surface area contributed by atoms with E-state index in [1.807, 2.05) is 0 Å². The van der Waals surface area contributed by atoms with E-state index in [-0.39, 0.29) is 35.1 Å². The Morgan fingerprint density at radius 1 is 0.886 bits per heavy atom. The molecule has 1 aliphatic heterocycles. The highest BCUT2D eigenvalue weighted by Crippen LogP contribution is 2.44. The van der Waals surface area contributed by atoms with Crippen molar-refractivity contribution in [1.82, 2.24) is 0 Å². The molecule has 0 unspecified atom stereocenters. The van der Waals surface area contributed by atoms with Gasteiger partial charge in [-0.15, -0.1) is 0 Å². The molecule has 1 heterocycles. The van der Waals surface area contributed by atoms with Gasteiger partial charge in [0.05, 0.1) is 4.92 Å². The summed E-state index contributed by atoms with van der Waals surface area (Å²) < 4.78 is 11.7. The minimum atomic E-state index is -0.616. The number of nitrogens with zero attached hydrogens (tertiary/aromatic N) is 1. The fourth-order valence-corrected chi connectivity index (χ4v) is 3.86. The minimum absolute atomic E-state index is 0.0113. The van der Waals surface area contributed by atoms with Gasteiger partial charge in [-0.25, -0.2) is 0 Å². The van der Waals surface area contributed by atoms with Gasteiger partial charge in [-0.1, -0.05) is 12.1 Å². The number of phenols is 3. The highest BCUT2D eigenvalue weighted by atomic mass is 16.6. The largest absolute Gasteiger partial charge is 0.504 e. The van der Waals surface area contributed by atoms with Crippen LogP contribution in [0.4, 0.5) is 5.69 Å². The molecule has 174 valence electrons. The van der Waals surface area contributed by atoms with Crippen molar-refractivity contribution in [3.63, 3.8) is 0 Å². The first-order valence-corrected chi connectivity index (χ1v) is 10.4. The standard InChI is InChI=1S/C26H17NO8/c28-20-9-18-24(11-22(20)30)35-25-12-23(31)21(29)10-19(25)26(18)15-2-1-3-17(8-15)34-13-14-4-6-16(7-5-14)27(32)33/h1-12,28-30H,13H2. The first-order valence-electron chi connectivity index (χ1n) is 10.4. The molecule has 3 aromatic carbocycles. The van der Waals surface area contributed by atoms with Gasteiger partial charge in [-0.2, -0.15) is 0 Å². The normalized spacial score (nSPS) is 11.1. The van der Waals surface area contributed by atoms with Crippen LogP contribution in [0, 0.1) is 10.1 Å². The number of phenolic OH excluding ortho intramolecular Hbond substituents is 3. The molecule has 9 nitrogen and oxygen atoms in total. The maximum absolute atomic E-state index is 12.0. The molecule has 2 aliphatic rings. The van der Waals surface area contributed by atoms with Crippen molar-refractivity contribution in [1.29, 1.82) is 0 Å². The molecular weight excluding hydrogens is 454 g/mol. The highest BCUT2D eigenvalue weighted by Gasteiger charge is 2.21. The quantitative estimate of drug-likeness (QED) is 0.138. The van der Waals surface area contributed by atoms with E-state index < -0.39 is 16.1 Å². The van der Waals surface area contributed by atoms with Crippen molar-refractivity contribution in [2.75, 3.05) is 0 Å². The third kappa shape index (κ3) is 4.06. The first-order chi connectivity index (χ1) is 16.8. The summed E-state index contributed by atoms with van der Waals surface area (Å²) in [5, 5.41) is 41.4. The molecule has 35 heavy (non-hydrogen) atoms. The van der Waals surface area contributed by atoms with Crippen molar-refractivity contribution in [3.8, 4) is 45.4 Å². The maximum atomic E-state index is 12.0. The summed E-state index contributed by atoms with van der Waals surface area (Å²) in [7, 11) is 0. The van der Waals surface area contributed by atoms with E-state index in [0.29, 0.717) is 27.8 Å². The summed E-state index contributed by atoms with van der Waals surface area (Å²) in [6.45, 7) is 0.169. The molecule has 5 rings (SSSR count). The number of nitro groups is 1. The SMILES string of the molecule is O=c1cc2oc3cc(O)c(O)cc3c(-c3cccc(OCc4ccc([N+](=O)[O-])cc4)c3)c-2cc1O. The molecule has 0 spiro atoms. The number of ether oxygens (including phenoxy) is 1. The van der Waals surface area contributed by atoms with Gasteiger partial charge in [-0.3, -0.25) is 14.9 Å². The van der Waals surface area contributed by atoms with Gasteiger partial charge in [0.15, 0.2) is 17.2 Å². The van der Waals surface area contributed by atoms with Crippen LogP contribution in [0.25, 0.3) is 33.4 Å². The lowest BCUT2D eigenvalue weighted by atomic mass is 9.93. The molecule has 0 saturated heterocycles. The molecule has 0 saturated carbocycles. The van der Waals surface area contributed by atoms with E-state index >= 15 is 0 Å². The molecule has 0 radical (unpaired) electrons. The summed E-state index contributed by atoms with van der Waals surface area (Å²) >= 11 is 0. The zero-order chi connectivity index (χ0) is 24.7. The monoisotopic (exact) mass is 471 g/mol. The first kappa shape index (κ1) is 21.8. The van der Waals surface area contributed by atoms with Gasteiger partial charge >= 0.3 is 0 Å². The van der Waals surface area contributed by atoms with Gasteiger partial charge < -0.3 is 24.5 Å². The molecule has 3 aromatic rings. The van der Waals surface area contributed by atoms with E-state index in [9.17, 15) is 30.2 Å². The average molecular weight is 471 g/mol. The van der Waals surface area contributed by atoms with E-state index in [1.165, 1.54) is 30.3 Å². The Hall–Kier alpha value is -5.05. The summed E-state index contributed by atoms with van der Waals surface area (Å²) in [6, 6.07) is 18.1. The van der Waals surface area contributed by atoms with Crippen LogP contribution in [0.1, 0.15) is 5.56 Å². The van der Waals surface area contributed by atoms with E-state index in [4.69, 9.17) is 9.15 Å². The minimum Gasteiger partial charge on any atom is -0.504 e. The lowest BCUT2D eigenvalue weighted by molar-refractivity contribution is -0.384. The molecule has 0 bridgehead atoms. The van der Waals surface area contributed by atoms with Gasteiger partial charge in [0.1, 0.15) is 23.7 Å². The third-order valence-corrected chi connectivity index (χ3v) is 5.57. The molecular formula is C26H17NO8. The number of hydrogen-bond acceptors (Lipinski definition) is 8. The predicted molar refractivity (Wildman–Crippen MR) is 127 cm³/mol. The summed E-state index contributed by atoms with van der Waals surface area (Å²) in [6.07, 6.45) is 0. The van der Waals surface area contributed by atoms with Gasteiger partial charge in [0, 0.05) is 40.8 Å². The van der Waals surface area contributed by atoms with Crippen LogP contribution >= 0.6 is 0 Å². The van der Waals surface area contributed by atoms with Crippen molar-refractivity contribution < 1.29 is 29.4 Å². The fraction of sp³-hybridized carbons (Fsp3) is 0.0385. The third-order valence-electron chi connectivity index (χ3n) is 5.57. The van der Waals surface area contributed by atoms with E-state index in [0.717, 1.165) is 11.6 Å². The molecule has 0 atom stereocenters. The number of rotatable bonds is 5. The van der Waals surface area contributed by atoms with E-state index in [1.54, 1.807) is 36.4 Å². The van der Waals surface area contributed by atoms with Crippen molar-refractivity contribution >= 4 is 16.7 Å². The Balaban J connectivity index is 1.59. The van der Waals surface area contributed by atoms with Crippen LogP contribution in [-0.4, -0.2) is 20.2 Å². The molecule has 1 aliphatic carbocycles. The van der Waals surface area contributed by atoms with Crippen LogP contribution in [0.3, 0.4) is 0 Å². The summed E-state index contributed by atoms with van der Waals surface area (Å²) in [5.41, 5.74) is 1.95. The Labute approximate surface area is 197 Å². The van der Waals surface area contributed by atoms with Gasteiger partial charge in [-0.05, 0) is 47.5 Å². The zero-order valence-electron chi connectivity index (χ0n) is 18.0. The number of non-ortho nitro benzene ring substituents is 1. The van der Waals surface area contributed by atoms with Crippen LogP contribution in [0.5, 0.6) is 23.0 Å².